The van der Waals surface area contributed by atoms with Crippen LogP contribution in [-0.4, -0.2) is 21.2 Å². The maximum Gasteiger partial charge on any atom is 0.275 e. The van der Waals surface area contributed by atoms with Crippen molar-refractivity contribution >= 4 is 22.2 Å². The normalized spacial score (nSPS) is 10.2. The molecule has 5 nitrogen and oxygen atoms in total. The molecule has 2 rings (SSSR count). The van der Waals surface area contributed by atoms with Gasteiger partial charge >= 0.3 is 0 Å². The van der Waals surface area contributed by atoms with Crippen molar-refractivity contribution in [1.82, 2.24) is 9.78 Å². The number of aromatic nitrogens is 2. The Balaban J connectivity index is 2.63. The topological polar surface area (TPSA) is 72.2 Å². The predicted octanol–water partition coefficient (Wildman–Crippen LogP) is 1.51. The molecule has 0 amide bonds. The lowest BCUT2D eigenvalue weighted by molar-refractivity contribution is 0.111. The smallest absolute Gasteiger partial charge is 0.275 e. The molecule has 17 heavy (non-hydrogen) atoms. The van der Waals surface area contributed by atoms with E-state index in [0.717, 1.165) is 15.2 Å². The van der Waals surface area contributed by atoms with Gasteiger partial charge in [-0.05, 0) is 24.3 Å². The fourth-order valence-corrected chi connectivity index (χ4v) is 1.58. The van der Waals surface area contributed by atoms with Gasteiger partial charge in [0, 0.05) is 10.5 Å². The van der Waals surface area contributed by atoms with Crippen molar-refractivity contribution in [3.8, 4) is 11.4 Å². The zero-order valence-corrected chi connectivity index (χ0v) is 10.1. The third-order valence-electron chi connectivity index (χ3n) is 2.12. The van der Waals surface area contributed by atoms with Crippen molar-refractivity contribution in [3.63, 3.8) is 0 Å². The molecule has 0 atom stereocenters. The number of aldehydes is 1. The molecule has 0 aliphatic rings. The Morgan fingerprint density at radius 3 is 2.53 bits per heavy atom. The summed E-state index contributed by atoms with van der Waals surface area (Å²) in [7, 11) is 0. The van der Waals surface area contributed by atoms with E-state index in [9.17, 15) is 14.7 Å². The molecule has 0 unspecified atom stereocenters. The monoisotopic (exact) mass is 294 g/mol. The second kappa shape index (κ2) is 4.50. The van der Waals surface area contributed by atoms with Crippen LogP contribution < -0.4 is 5.56 Å². The zero-order chi connectivity index (χ0) is 12.4. The average Bonchev–Trinajstić information content (AvgIpc) is 2.31. The first-order valence-electron chi connectivity index (χ1n) is 4.66. The van der Waals surface area contributed by atoms with Gasteiger partial charge in [-0.25, -0.2) is 0 Å². The lowest BCUT2D eigenvalue weighted by Crippen LogP contribution is -2.21. The molecule has 0 saturated heterocycles. The van der Waals surface area contributed by atoms with Gasteiger partial charge in [0.2, 0.25) is 0 Å². The number of benzene rings is 1. The number of aromatic hydroxyl groups is 1. The van der Waals surface area contributed by atoms with E-state index in [0.29, 0.717) is 12.0 Å². The molecule has 2 aromatic rings. The minimum atomic E-state index is -0.504. The minimum absolute atomic E-state index is 0.174. The quantitative estimate of drug-likeness (QED) is 0.852. The van der Waals surface area contributed by atoms with Gasteiger partial charge in [-0.1, -0.05) is 15.9 Å². The van der Waals surface area contributed by atoms with Crippen LogP contribution in [0, 0.1) is 0 Å². The summed E-state index contributed by atoms with van der Waals surface area (Å²) >= 11 is 3.27. The summed E-state index contributed by atoms with van der Waals surface area (Å²) < 4.78 is 1.92. The summed E-state index contributed by atoms with van der Waals surface area (Å²) in [5, 5.41) is 13.1. The van der Waals surface area contributed by atoms with E-state index < -0.39 is 11.3 Å². The minimum Gasteiger partial charge on any atom is -0.505 e. The maximum absolute atomic E-state index is 11.6. The highest BCUT2D eigenvalue weighted by Crippen LogP contribution is 2.14. The van der Waals surface area contributed by atoms with Crippen molar-refractivity contribution in [2.24, 2.45) is 0 Å². The van der Waals surface area contributed by atoms with Gasteiger partial charge in [0.05, 0.1) is 5.69 Å². The van der Waals surface area contributed by atoms with Crippen molar-refractivity contribution in [1.29, 1.82) is 0 Å². The van der Waals surface area contributed by atoms with E-state index >= 15 is 0 Å². The summed E-state index contributed by atoms with van der Waals surface area (Å²) in [6, 6.07) is 7.79. The Morgan fingerprint density at radius 2 is 1.94 bits per heavy atom. The molecule has 1 heterocycles. The fraction of sp³-hybridized carbons (Fsp3) is 0. The van der Waals surface area contributed by atoms with Crippen LogP contribution in [-0.2, 0) is 0 Å². The van der Waals surface area contributed by atoms with Crippen LogP contribution in [0.2, 0.25) is 0 Å². The van der Waals surface area contributed by atoms with Gasteiger partial charge in [-0.3, -0.25) is 9.59 Å². The molecular formula is C11H7BrN2O3. The van der Waals surface area contributed by atoms with Crippen LogP contribution >= 0.6 is 15.9 Å². The van der Waals surface area contributed by atoms with Crippen LogP contribution in [0.25, 0.3) is 5.69 Å². The van der Waals surface area contributed by atoms with Crippen LogP contribution in [0.15, 0.2) is 39.6 Å². The molecule has 1 aromatic heterocycles. The van der Waals surface area contributed by atoms with Gasteiger partial charge < -0.3 is 5.11 Å². The van der Waals surface area contributed by atoms with Gasteiger partial charge in [0.1, 0.15) is 0 Å². The van der Waals surface area contributed by atoms with E-state index in [-0.39, 0.29) is 5.69 Å². The Kier molecular flexibility index (Phi) is 3.06. The Hall–Kier alpha value is -1.95. The van der Waals surface area contributed by atoms with Gasteiger partial charge in [0.15, 0.2) is 17.7 Å². The van der Waals surface area contributed by atoms with Gasteiger partial charge in [-0.2, -0.15) is 9.78 Å². The molecule has 0 aliphatic carbocycles. The number of carbonyl (C=O) groups is 1. The van der Waals surface area contributed by atoms with Crippen LogP contribution in [0.3, 0.4) is 0 Å². The second-order valence-corrected chi connectivity index (χ2v) is 4.17. The summed E-state index contributed by atoms with van der Waals surface area (Å²) in [5.41, 5.74) is -0.163. The van der Waals surface area contributed by atoms with E-state index in [4.69, 9.17) is 0 Å². The van der Waals surface area contributed by atoms with Crippen molar-refractivity contribution in [2.45, 2.75) is 0 Å². The summed E-state index contributed by atoms with van der Waals surface area (Å²) in [4.78, 5) is 22.2. The third kappa shape index (κ3) is 2.26. The molecule has 0 saturated carbocycles. The first-order chi connectivity index (χ1) is 8.11. The average molecular weight is 295 g/mol. The number of nitrogens with zero attached hydrogens (tertiary/aromatic N) is 2. The van der Waals surface area contributed by atoms with Crippen molar-refractivity contribution < 1.29 is 9.90 Å². The molecule has 1 N–H and O–H groups in total. The summed E-state index contributed by atoms with van der Waals surface area (Å²) in [5.74, 6) is -0.418. The fourth-order valence-electron chi connectivity index (χ4n) is 1.31. The lowest BCUT2D eigenvalue weighted by atomic mass is 10.3. The molecule has 0 radical (unpaired) electrons. The highest BCUT2D eigenvalue weighted by Gasteiger charge is 2.08. The number of hydrogen-bond acceptors (Lipinski definition) is 4. The van der Waals surface area contributed by atoms with Crippen LogP contribution in [0.1, 0.15) is 10.5 Å². The number of rotatable bonds is 2. The Morgan fingerprint density at radius 1 is 1.29 bits per heavy atom. The largest absolute Gasteiger partial charge is 0.505 e. The molecule has 86 valence electrons. The first kappa shape index (κ1) is 11.5. The summed E-state index contributed by atoms with van der Waals surface area (Å²) in [6.07, 6.45) is 0.393. The molecule has 0 fully saturated rings. The zero-order valence-electron chi connectivity index (χ0n) is 8.50. The number of carbonyl (C=O) groups excluding carboxylic acids is 1. The van der Waals surface area contributed by atoms with Gasteiger partial charge in [-0.15, -0.1) is 0 Å². The van der Waals surface area contributed by atoms with E-state index in [1.807, 2.05) is 0 Å². The first-order valence-corrected chi connectivity index (χ1v) is 5.45. The number of hydrogen-bond donors (Lipinski definition) is 1. The molecule has 0 bridgehead atoms. The van der Waals surface area contributed by atoms with Gasteiger partial charge in [0.25, 0.3) is 5.56 Å². The third-order valence-corrected chi connectivity index (χ3v) is 2.65. The van der Waals surface area contributed by atoms with Crippen LogP contribution in [0.4, 0.5) is 0 Å². The number of halogens is 1. The highest BCUT2D eigenvalue weighted by molar-refractivity contribution is 9.10. The maximum atomic E-state index is 11.6. The Bertz CT molecular complexity index is 620. The predicted molar refractivity (Wildman–Crippen MR) is 64.6 cm³/mol. The SMILES string of the molecule is O=Cc1nn(-c2ccc(Br)cc2)c(=O)cc1O. The lowest BCUT2D eigenvalue weighted by Gasteiger charge is -2.05. The van der Waals surface area contributed by atoms with Crippen LogP contribution in [0.5, 0.6) is 5.75 Å². The van der Waals surface area contributed by atoms with Crippen molar-refractivity contribution in [3.05, 3.63) is 50.9 Å². The summed E-state index contributed by atoms with van der Waals surface area (Å²) in [6.45, 7) is 0. The molecule has 0 spiro atoms. The van der Waals surface area contributed by atoms with Crippen molar-refractivity contribution in [2.75, 3.05) is 0 Å². The highest BCUT2D eigenvalue weighted by atomic mass is 79.9. The molecule has 1 aromatic carbocycles. The second-order valence-electron chi connectivity index (χ2n) is 3.26. The van der Waals surface area contributed by atoms with E-state index in [1.165, 1.54) is 0 Å². The van der Waals surface area contributed by atoms with E-state index in [1.54, 1.807) is 24.3 Å². The Labute approximate surface area is 104 Å². The molecule has 0 aliphatic heterocycles. The molecular weight excluding hydrogens is 288 g/mol. The molecule has 6 heteroatoms. The van der Waals surface area contributed by atoms with E-state index in [2.05, 4.69) is 21.0 Å². The standard InChI is InChI=1S/C11H7BrN2O3/c12-7-1-3-8(4-2-7)14-11(17)5-10(16)9(6-15)13-14/h1-6,16H.